The molecule has 0 spiro atoms. The molecule has 0 aliphatic carbocycles. The molecule has 10 heteroatoms. The number of hydrogen-bond donors (Lipinski definition) is 0. The van der Waals surface area contributed by atoms with Gasteiger partial charge in [0.05, 0.1) is 46.6 Å². The number of nitrogens with zero attached hydrogens (tertiary/aromatic N) is 2. The molecule has 0 aromatic heterocycles. The summed E-state index contributed by atoms with van der Waals surface area (Å²) in [5.74, 6) is -0.215. The molecular formula is C21H16F6N2O2. The molecule has 0 aliphatic heterocycles. The highest BCUT2D eigenvalue weighted by Crippen LogP contribution is 2.35. The molecule has 0 N–H and O–H groups in total. The Kier molecular flexibility index (Phi) is 7.06. The molecule has 2 aromatic rings. The molecule has 0 saturated heterocycles. The summed E-state index contributed by atoms with van der Waals surface area (Å²) >= 11 is 0. The Bertz CT molecular complexity index is 937. The molecule has 0 heterocycles. The molecule has 164 valence electrons. The van der Waals surface area contributed by atoms with Gasteiger partial charge < -0.3 is 9.47 Å². The summed E-state index contributed by atoms with van der Waals surface area (Å²) in [6.07, 6.45) is -10.6. The van der Waals surface area contributed by atoms with Crippen LogP contribution in [0.1, 0.15) is 42.5 Å². The number of hydrogen-bond acceptors (Lipinski definition) is 4. The van der Waals surface area contributed by atoms with E-state index in [4.69, 9.17) is 20.0 Å². The highest BCUT2D eigenvalue weighted by atomic mass is 19.4. The zero-order valence-corrected chi connectivity index (χ0v) is 16.3. The van der Waals surface area contributed by atoms with Gasteiger partial charge in [0.1, 0.15) is 11.5 Å². The van der Waals surface area contributed by atoms with E-state index >= 15 is 0 Å². The zero-order chi connectivity index (χ0) is 23.4. The fourth-order valence-corrected chi connectivity index (χ4v) is 2.89. The monoisotopic (exact) mass is 442 g/mol. The second kappa shape index (κ2) is 9.17. The van der Waals surface area contributed by atoms with Gasteiger partial charge in [-0.15, -0.1) is 0 Å². The molecule has 2 atom stereocenters. The van der Waals surface area contributed by atoms with E-state index in [0.717, 1.165) is 24.3 Å². The van der Waals surface area contributed by atoms with Gasteiger partial charge in [-0.1, -0.05) is 0 Å². The Balaban J connectivity index is 2.08. The lowest BCUT2D eigenvalue weighted by Crippen LogP contribution is -2.23. The largest absolute Gasteiger partial charge is 0.491 e. The van der Waals surface area contributed by atoms with E-state index in [2.05, 4.69) is 0 Å². The number of alkyl halides is 6. The maximum atomic E-state index is 13.0. The average molecular weight is 442 g/mol. The van der Waals surface area contributed by atoms with Gasteiger partial charge in [-0.3, -0.25) is 0 Å². The van der Waals surface area contributed by atoms with Gasteiger partial charge in [0.2, 0.25) is 0 Å². The van der Waals surface area contributed by atoms with Crippen LogP contribution in [0, 0.1) is 22.7 Å². The van der Waals surface area contributed by atoms with E-state index in [0.29, 0.717) is 0 Å². The van der Waals surface area contributed by atoms with Gasteiger partial charge in [-0.25, -0.2) is 0 Å². The molecule has 4 nitrogen and oxygen atoms in total. The van der Waals surface area contributed by atoms with Crippen LogP contribution in [0.25, 0.3) is 0 Å². The minimum atomic E-state index is -4.73. The number of nitriles is 2. The topological polar surface area (TPSA) is 66.0 Å². The van der Waals surface area contributed by atoms with Gasteiger partial charge in [0.25, 0.3) is 0 Å². The van der Waals surface area contributed by atoms with Crippen molar-refractivity contribution in [2.45, 2.75) is 44.8 Å². The minimum Gasteiger partial charge on any atom is -0.491 e. The third-order valence-electron chi connectivity index (χ3n) is 4.17. The van der Waals surface area contributed by atoms with E-state index in [1.165, 1.54) is 24.3 Å². The fourth-order valence-electron chi connectivity index (χ4n) is 2.89. The normalized spacial score (nSPS) is 13.6. The standard InChI is InChI=1S/C21H16F6N2O2/c1-12(30-16-5-3-14(10-28)18(8-16)20(22,23)24)7-13(2)31-17-6-4-15(11-29)19(9-17)21(25,26)27/h3-6,8-9,12-13H,7H2,1-2H3/t12-,13-/m0/s1. The lowest BCUT2D eigenvalue weighted by Gasteiger charge is -2.21. The smallest absolute Gasteiger partial charge is 0.417 e. The van der Waals surface area contributed by atoms with E-state index < -0.39 is 46.8 Å². The molecule has 2 rings (SSSR count). The number of ether oxygens (including phenoxy) is 2. The molecule has 0 unspecified atom stereocenters. The second-order valence-electron chi connectivity index (χ2n) is 6.73. The molecule has 0 aliphatic rings. The van der Waals surface area contributed by atoms with Gasteiger partial charge in [0.15, 0.2) is 0 Å². The highest BCUT2D eigenvalue weighted by Gasteiger charge is 2.35. The summed E-state index contributed by atoms with van der Waals surface area (Å²) in [4.78, 5) is 0. The van der Waals surface area contributed by atoms with Gasteiger partial charge in [0, 0.05) is 6.42 Å². The van der Waals surface area contributed by atoms with Crippen LogP contribution in [0.4, 0.5) is 26.3 Å². The minimum absolute atomic E-state index is 0.108. The van der Waals surface area contributed by atoms with Crippen LogP contribution < -0.4 is 9.47 Å². The fraction of sp³-hybridized carbons (Fsp3) is 0.333. The zero-order valence-electron chi connectivity index (χ0n) is 16.3. The van der Waals surface area contributed by atoms with Crippen molar-refractivity contribution in [3.63, 3.8) is 0 Å². The molecule has 0 bridgehead atoms. The molecule has 0 amide bonds. The summed E-state index contributed by atoms with van der Waals surface area (Å²) in [6, 6.07) is 8.83. The third kappa shape index (κ3) is 6.29. The van der Waals surface area contributed by atoms with Crippen LogP contribution in [-0.2, 0) is 12.4 Å². The van der Waals surface area contributed by atoms with Crippen LogP contribution in [0.15, 0.2) is 36.4 Å². The van der Waals surface area contributed by atoms with E-state index in [1.54, 1.807) is 13.8 Å². The van der Waals surface area contributed by atoms with Gasteiger partial charge in [-0.05, 0) is 50.2 Å². The van der Waals surface area contributed by atoms with Crippen molar-refractivity contribution < 1.29 is 35.8 Å². The quantitative estimate of drug-likeness (QED) is 0.508. The summed E-state index contributed by atoms with van der Waals surface area (Å²) < 4.78 is 89.2. The first kappa shape index (κ1) is 23.9. The SMILES string of the molecule is C[C@@H](C[C@H](C)Oc1ccc(C#N)c(C(F)(F)F)c1)Oc1ccc(C#N)c(C(F)(F)F)c1. The maximum absolute atomic E-state index is 13.0. The summed E-state index contributed by atoms with van der Waals surface area (Å²) in [5.41, 5.74) is -3.32. The number of halogens is 6. The van der Waals surface area contributed by atoms with Crippen molar-refractivity contribution in [3.8, 4) is 23.6 Å². The molecule has 0 fully saturated rings. The van der Waals surface area contributed by atoms with Crippen LogP contribution >= 0.6 is 0 Å². The molecule has 0 radical (unpaired) electrons. The summed E-state index contributed by atoms with van der Waals surface area (Å²) in [5, 5.41) is 17.6. The lowest BCUT2D eigenvalue weighted by molar-refractivity contribution is -0.138. The van der Waals surface area contributed by atoms with Crippen LogP contribution in [0.3, 0.4) is 0 Å². The first-order valence-corrected chi connectivity index (χ1v) is 8.91. The van der Waals surface area contributed by atoms with Crippen molar-refractivity contribution in [2.24, 2.45) is 0 Å². The van der Waals surface area contributed by atoms with Crippen LogP contribution in [-0.4, -0.2) is 12.2 Å². The Labute approximate surface area is 174 Å². The lowest BCUT2D eigenvalue weighted by atomic mass is 10.1. The van der Waals surface area contributed by atoms with E-state index in [1.807, 2.05) is 0 Å². The molecular weight excluding hydrogens is 426 g/mol. The van der Waals surface area contributed by atoms with E-state index in [9.17, 15) is 26.3 Å². The predicted molar refractivity (Wildman–Crippen MR) is 97.1 cm³/mol. The number of rotatable bonds is 6. The first-order chi connectivity index (χ1) is 14.3. The van der Waals surface area contributed by atoms with E-state index in [-0.39, 0.29) is 17.9 Å². The van der Waals surface area contributed by atoms with Crippen molar-refractivity contribution in [2.75, 3.05) is 0 Å². The Morgan fingerprint density at radius 3 is 1.39 bits per heavy atom. The predicted octanol–water partition coefficient (Wildman–Crippen LogP) is 6.09. The maximum Gasteiger partial charge on any atom is 0.417 e. The van der Waals surface area contributed by atoms with Crippen LogP contribution in [0.5, 0.6) is 11.5 Å². The third-order valence-corrected chi connectivity index (χ3v) is 4.17. The Hall–Kier alpha value is -3.40. The Morgan fingerprint density at radius 1 is 0.742 bits per heavy atom. The van der Waals surface area contributed by atoms with Gasteiger partial charge in [-0.2, -0.15) is 36.9 Å². The van der Waals surface area contributed by atoms with Crippen molar-refractivity contribution in [1.29, 1.82) is 10.5 Å². The molecule has 0 saturated carbocycles. The summed E-state index contributed by atoms with van der Waals surface area (Å²) in [7, 11) is 0. The second-order valence-corrected chi connectivity index (χ2v) is 6.73. The average Bonchev–Trinajstić information content (AvgIpc) is 2.66. The van der Waals surface area contributed by atoms with Crippen molar-refractivity contribution in [1.82, 2.24) is 0 Å². The molecule has 31 heavy (non-hydrogen) atoms. The van der Waals surface area contributed by atoms with Crippen molar-refractivity contribution >= 4 is 0 Å². The first-order valence-electron chi connectivity index (χ1n) is 8.91. The summed E-state index contributed by atoms with van der Waals surface area (Å²) in [6.45, 7) is 3.12. The van der Waals surface area contributed by atoms with Crippen molar-refractivity contribution in [3.05, 3.63) is 58.7 Å². The van der Waals surface area contributed by atoms with Crippen LogP contribution in [0.2, 0.25) is 0 Å². The Morgan fingerprint density at radius 2 is 1.10 bits per heavy atom. The molecule has 2 aromatic carbocycles. The van der Waals surface area contributed by atoms with Gasteiger partial charge >= 0.3 is 12.4 Å². The highest BCUT2D eigenvalue weighted by molar-refractivity contribution is 5.45. The number of benzene rings is 2.